The molecule has 8 nitrogen and oxygen atoms in total. The van der Waals surface area contributed by atoms with Crippen molar-refractivity contribution in [1.29, 1.82) is 0 Å². The van der Waals surface area contributed by atoms with Crippen molar-refractivity contribution in [3.63, 3.8) is 0 Å². The van der Waals surface area contributed by atoms with Crippen LogP contribution in [0, 0.1) is 0 Å². The number of amides is 1. The second kappa shape index (κ2) is 13.1. The van der Waals surface area contributed by atoms with E-state index in [4.69, 9.17) is 19.8 Å². The molecule has 29 heavy (non-hydrogen) atoms. The summed E-state index contributed by atoms with van der Waals surface area (Å²) in [6, 6.07) is 0.735. The van der Waals surface area contributed by atoms with E-state index in [0.717, 1.165) is 32.2 Å². The third-order valence-corrected chi connectivity index (χ3v) is 5.54. The Labute approximate surface area is 173 Å². The Balaban J connectivity index is 0.000000612. The summed E-state index contributed by atoms with van der Waals surface area (Å²) in [4.78, 5) is 37.7. The van der Waals surface area contributed by atoms with Crippen LogP contribution in [-0.2, 0) is 14.4 Å². The molecule has 1 aliphatic heterocycles. The van der Waals surface area contributed by atoms with Gasteiger partial charge in [0.25, 0.3) is 0 Å². The van der Waals surface area contributed by atoms with Crippen LogP contribution in [0.1, 0.15) is 39.0 Å². The van der Waals surface area contributed by atoms with E-state index >= 15 is 0 Å². The van der Waals surface area contributed by atoms with E-state index in [2.05, 4.69) is 23.0 Å². The van der Waals surface area contributed by atoms with Crippen LogP contribution in [0.4, 0.5) is 0 Å². The van der Waals surface area contributed by atoms with Crippen LogP contribution in [0.3, 0.4) is 0 Å². The quantitative estimate of drug-likeness (QED) is 0.487. The maximum atomic E-state index is 12.7. The van der Waals surface area contributed by atoms with Crippen molar-refractivity contribution in [2.24, 2.45) is 0 Å². The topological polar surface area (TPSA) is 101 Å². The molecule has 2 N–H and O–H groups in total. The van der Waals surface area contributed by atoms with Crippen LogP contribution >= 0.6 is 0 Å². The van der Waals surface area contributed by atoms with Gasteiger partial charge in [-0.2, -0.15) is 0 Å². The predicted molar refractivity (Wildman–Crippen MR) is 112 cm³/mol. The summed E-state index contributed by atoms with van der Waals surface area (Å²) in [6.45, 7) is 14.9. The molecule has 0 spiro atoms. The van der Waals surface area contributed by atoms with Gasteiger partial charge in [0.1, 0.15) is 0 Å². The van der Waals surface area contributed by atoms with Gasteiger partial charge < -0.3 is 15.1 Å². The summed E-state index contributed by atoms with van der Waals surface area (Å²) < 4.78 is 0. The summed E-state index contributed by atoms with van der Waals surface area (Å²) in [7, 11) is 0. The lowest BCUT2D eigenvalue weighted by Gasteiger charge is -2.42. The average Bonchev–Trinajstić information content (AvgIpc) is 2.73. The maximum Gasteiger partial charge on any atom is 0.414 e. The normalized spacial score (nSPS) is 19.3. The van der Waals surface area contributed by atoms with Crippen LogP contribution in [-0.4, -0.2) is 94.1 Å². The number of nitrogens with zero attached hydrogens (tertiary/aromatic N) is 3. The highest BCUT2D eigenvalue weighted by Crippen LogP contribution is 2.24. The Bertz CT molecular complexity index is 545. The molecule has 0 aromatic heterocycles. The fraction of sp³-hybridized carbons (Fsp3) is 0.667. The molecular weight excluding hydrogens is 374 g/mol. The highest BCUT2D eigenvalue weighted by molar-refractivity contribution is 6.27. The third kappa shape index (κ3) is 8.37. The van der Waals surface area contributed by atoms with Gasteiger partial charge in [0.2, 0.25) is 5.91 Å². The zero-order valence-corrected chi connectivity index (χ0v) is 17.5. The molecule has 0 bridgehead atoms. The molecule has 164 valence electrons. The van der Waals surface area contributed by atoms with Gasteiger partial charge in [0.05, 0.1) is 6.04 Å². The van der Waals surface area contributed by atoms with E-state index in [1.807, 2.05) is 11.8 Å². The lowest BCUT2D eigenvalue weighted by molar-refractivity contribution is -0.159. The van der Waals surface area contributed by atoms with Crippen LogP contribution in [0.2, 0.25) is 0 Å². The van der Waals surface area contributed by atoms with Gasteiger partial charge in [0, 0.05) is 45.3 Å². The zero-order chi connectivity index (χ0) is 21.8. The second-order valence-corrected chi connectivity index (χ2v) is 7.47. The fourth-order valence-electron chi connectivity index (χ4n) is 3.92. The fourth-order valence-corrected chi connectivity index (χ4v) is 3.92. The first kappa shape index (κ1) is 24.8. The summed E-state index contributed by atoms with van der Waals surface area (Å²) in [6.07, 6.45) is 10.5. The molecule has 0 aromatic rings. The molecule has 1 heterocycles. The van der Waals surface area contributed by atoms with Crippen LogP contribution in [0.15, 0.2) is 25.3 Å². The summed E-state index contributed by atoms with van der Waals surface area (Å²) >= 11 is 0. The van der Waals surface area contributed by atoms with Crippen LogP contribution in [0.5, 0.6) is 0 Å². The smallest absolute Gasteiger partial charge is 0.414 e. The number of piperazine rings is 1. The SMILES string of the molecule is C=CCN(CC=C)C(=O)C(C)N1CCN(C2CCCCC2)CC1.O=C(O)C(=O)O. The molecular formula is C21H35N3O5. The van der Waals surface area contributed by atoms with E-state index in [1.54, 1.807) is 12.2 Å². The molecule has 1 amide bonds. The minimum Gasteiger partial charge on any atom is -0.473 e. The minimum absolute atomic E-state index is 0.0524. The number of carboxylic acids is 2. The summed E-state index contributed by atoms with van der Waals surface area (Å²) in [5.41, 5.74) is 0. The van der Waals surface area contributed by atoms with Gasteiger partial charge in [-0.25, -0.2) is 9.59 Å². The first-order valence-corrected chi connectivity index (χ1v) is 10.3. The lowest BCUT2D eigenvalue weighted by atomic mass is 9.93. The van der Waals surface area contributed by atoms with Gasteiger partial charge in [-0.1, -0.05) is 31.4 Å². The van der Waals surface area contributed by atoms with Gasteiger partial charge in [0.15, 0.2) is 0 Å². The average molecular weight is 410 g/mol. The third-order valence-electron chi connectivity index (χ3n) is 5.54. The lowest BCUT2D eigenvalue weighted by Crippen LogP contribution is -2.56. The largest absolute Gasteiger partial charge is 0.473 e. The number of hydrogen-bond acceptors (Lipinski definition) is 5. The van der Waals surface area contributed by atoms with E-state index in [9.17, 15) is 4.79 Å². The highest BCUT2D eigenvalue weighted by atomic mass is 16.4. The number of carbonyl (C=O) groups excluding carboxylic acids is 1. The van der Waals surface area contributed by atoms with Gasteiger partial charge >= 0.3 is 11.9 Å². The first-order valence-electron chi connectivity index (χ1n) is 10.3. The van der Waals surface area contributed by atoms with Crippen molar-refractivity contribution in [2.45, 2.75) is 51.1 Å². The number of carboxylic acid groups (broad SMARTS) is 2. The Hall–Kier alpha value is -2.19. The van der Waals surface area contributed by atoms with Gasteiger partial charge in [-0.15, -0.1) is 13.2 Å². The first-order chi connectivity index (χ1) is 13.8. The zero-order valence-electron chi connectivity index (χ0n) is 17.5. The van der Waals surface area contributed by atoms with Crippen molar-refractivity contribution in [3.8, 4) is 0 Å². The second-order valence-electron chi connectivity index (χ2n) is 7.47. The Morgan fingerprint density at radius 2 is 1.45 bits per heavy atom. The van der Waals surface area contributed by atoms with Crippen molar-refractivity contribution < 1.29 is 24.6 Å². The molecule has 1 saturated heterocycles. The molecule has 1 aliphatic carbocycles. The Kier molecular flexibility index (Phi) is 11.2. The molecule has 2 rings (SSSR count). The molecule has 1 saturated carbocycles. The Morgan fingerprint density at radius 1 is 0.966 bits per heavy atom. The molecule has 1 unspecified atom stereocenters. The number of hydrogen-bond donors (Lipinski definition) is 2. The van der Waals surface area contributed by atoms with Crippen molar-refractivity contribution in [1.82, 2.24) is 14.7 Å². The standard InChI is InChI=1S/C19H33N3O.C2H2O4/c1-4-11-22(12-5-2)19(23)17(3)20-13-15-21(16-14-20)18-9-7-6-8-10-18;3-1(4)2(5)6/h4-5,17-18H,1-2,6-16H2,3H3;(H,3,4)(H,5,6). The maximum absolute atomic E-state index is 12.7. The van der Waals surface area contributed by atoms with Crippen molar-refractivity contribution in [3.05, 3.63) is 25.3 Å². The van der Waals surface area contributed by atoms with E-state index < -0.39 is 11.9 Å². The molecule has 2 aliphatic rings. The Morgan fingerprint density at radius 3 is 1.86 bits per heavy atom. The molecule has 8 heteroatoms. The summed E-state index contributed by atoms with van der Waals surface area (Å²) in [5.74, 6) is -3.46. The predicted octanol–water partition coefficient (Wildman–Crippen LogP) is 1.68. The molecule has 0 radical (unpaired) electrons. The number of rotatable bonds is 7. The van der Waals surface area contributed by atoms with Crippen LogP contribution in [0.25, 0.3) is 0 Å². The minimum atomic E-state index is -1.82. The molecule has 1 atom stereocenters. The van der Waals surface area contributed by atoms with Gasteiger partial charge in [-0.05, 0) is 19.8 Å². The van der Waals surface area contributed by atoms with E-state index in [0.29, 0.717) is 13.1 Å². The monoisotopic (exact) mass is 409 g/mol. The van der Waals surface area contributed by atoms with Crippen molar-refractivity contribution >= 4 is 17.8 Å². The van der Waals surface area contributed by atoms with E-state index in [-0.39, 0.29) is 11.9 Å². The van der Waals surface area contributed by atoms with Gasteiger partial charge in [-0.3, -0.25) is 14.6 Å². The molecule has 0 aromatic carbocycles. The van der Waals surface area contributed by atoms with Crippen LogP contribution < -0.4 is 0 Å². The van der Waals surface area contributed by atoms with Crippen molar-refractivity contribution in [2.75, 3.05) is 39.3 Å². The number of carbonyl (C=O) groups is 3. The summed E-state index contributed by atoms with van der Waals surface area (Å²) in [5, 5.41) is 14.8. The highest BCUT2D eigenvalue weighted by Gasteiger charge is 2.30. The number of aliphatic carboxylic acids is 2. The molecule has 2 fully saturated rings. The van der Waals surface area contributed by atoms with E-state index in [1.165, 1.54) is 32.1 Å².